The summed E-state index contributed by atoms with van der Waals surface area (Å²) in [6.07, 6.45) is 2.04. The van der Waals surface area contributed by atoms with Crippen LogP contribution in [0.15, 0.2) is 65.5 Å². The summed E-state index contributed by atoms with van der Waals surface area (Å²) in [5, 5.41) is 3.82. The van der Waals surface area contributed by atoms with Crippen LogP contribution in [-0.2, 0) is 11.2 Å². The number of benzene rings is 2. The lowest BCUT2D eigenvalue weighted by molar-refractivity contribution is -0.116. The lowest BCUT2D eigenvalue weighted by Gasteiger charge is -2.06. The fourth-order valence-corrected chi connectivity index (χ4v) is 2.88. The van der Waals surface area contributed by atoms with Gasteiger partial charge in [0.1, 0.15) is 5.75 Å². The zero-order valence-electron chi connectivity index (χ0n) is 15.4. The minimum atomic E-state index is -0.180. The first-order valence-electron chi connectivity index (χ1n) is 8.78. The van der Waals surface area contributed by atoms with Gasteiger partial charge in [0.25, 0.3) is 5.56 Å². The third-order valence-corrected chi connectivity index (χ3v) is 4.42. The first-order chi connectivity index (χ1) is 13.1. The van der Waals surface area contributed by atoms with Gasteiger partial charge in [-0.15, -0.1) is 0 Å². The monoisotopic (exact) mass is 362 g/mol. The highest BCUT2D eigenvalue weighted by atomic mass is 16.5. The van der Waals surface area contributed by atoms with Gasteiger partial charge in [0.2, 0.25) is 5.91 Å². The van der Waals surface area contributed by atoms with Crippen molar-refractivity contribution < 1.29 is 9.53 Å². The van der Waals surface area contributed by atoms with E-state index in [0.29, 0.717) is 18.5 Å². The number of fused-ring (bicyclic) bond motifs is 1. The van der Waals surface area contributed by atoms with Gasteiger partial charge >= 0.3 is 0 Å². The van der Waals surface area contributed by atoms with Gasteiger partial charge in [-0.05, 0) is 54.1 Å². The second-order valence-corrected chi connectivity index (χ2v) is 6.31. The number of ether oxygens (including phenoxy) is 1. The maximum atomic E-state index is 12.1. The van der Waals surface area contributed by atoms with Crippen LogP contribution in [0.4, 0.5) is 0 Å². The molecule has 0 bridgehead atoms. The number of methoxy groups -OCH3 is 1. The number of aromatic nitrogens is 1. The number of hydrogen-bond acceptors (Lipinski definition) is 3. The first-order valence-corrected chi connectivity index (χ1v) is 8.78. The molecular formula is C22H22N2O3. The average Bonchev–Trinajstić information content (AvgIpc) is 2.68. The normalized spacial score (nSPS) is 11.4. The zero-order valence-corrected chi connectivity index (χ0v) is 15.4. The predicted octanol–water partition coefficient (Wildman–Crippen LogP) is 3.30. The molecule has 1 amide bonds. The molecule has 0 saturated heterocycles. The van der Waals surface area contributed by atoms with E-state index in [1.165, 1.54) is 0 Å². The summed E-state index contributed by atoms with van der Waals surface area (Å²) in [4.78, 5) is 27.1. The van der Waals surface area contributed by atoms with Crippen LogP contribution in [0.25, 0.3) is 16.5 Å². The number of aromatic amines is 1. The molecule has 1 heterocycles. The molecule has 0 unspecified atom stereocenters. The van der Waals surface area contributed by atoms with Gasteiger partial charge in [-0.25, -0.2) is 0 Å². The van der Waals surface area contributed by atoms with Crippen molar-refractivity contribution in [2.45, 2.75) is 13.3 Å². The Morgan fingerprint density at radius 1 is 1.15 bits per heavy atom. The van der Waals surface area contributed by atoms with E-state index in [2.05, 4.69) is 10.3 Å². The Labute approximate surface area is 157 Å². The van der Waals surface area contributed by atoms with Gasteiger partial charge in [-0.3, -0.25) is 9.59 Å². The number of carbonyl (C=O) groups excluding carboxylic acids is 1. The van der Waals surface area contributed by atoms with Crippen molar-refractivity contribution in [3.05, 3.63) is 82.2 Å². The molecule has 0 radical (unpaired) electrons. The summed E-state index contributed by atoms with van der Waals surface area (Å²) >= 11 is 0. The van der Waals surface area contributed by atoms with E-state index in [-0.39, 0.29) is 11.5 Å². The molecule has 0 saturated carbocycles. The standard InChI is InChI=1S/C22H22N2O3/c1-15(16-7-9-19(27-2)10-8-16)13-21(25)23-12-11-18-14-17-5-3-4-6-20(17)24-22(18)26/h3-10,13-14H,11-12H2,1-2H3,(H,23,25)(H,24,26)/b15-13+. The molecule has 5 nitrogen and oxygen atoms in total. The Hall–Kier alpha value is -3.34. The fourth-order valence-electron chi connectivity index (χ4n) is 2.88. The number of hydrogen-bond donors (Lipinski definition) is 2. The van der Waals surface area contributed by atoms with Crippen molar-refractivity contribution in [1.29, 1.82) is 0 Å². The minimum absolute atomic E-state index is 0.118. The van der Waals surface area contributed by atoms with E-state index in [9.17, 15) is 9.59 Å². The van der Waals surface area contributed by atoms with Crippen molar-refractivity contribution >= 4 is 22.4 Å². The molecular weight excluding hydrogens is 340 g/mol. The van der Waals surface area contributed by atoms with Crippen molar-refractivity contribution in [3.8, 4) is 5.75 Å². The quantitative estimate of drug-likeness (QED) is 0.661. The van der Waals surface area contributed by atoms with Crippen LogP contribution in [0.2, 0.25) is 0 Å². The first kappa shape index (κ1) is 18.5. The van der Waals surface area contributed by atoms with E-state index in [1.807, 2.05) is 61.5 Å². The predicted molar refractivity (Wildman–Crippen MR) is 108 cm³/mol. The van der Waals surface area contributed by atoms with Gasteiger partial charge in [-0.1, -0.05) is 30.3 Å². The molecule has 0 aliphatic carbocycles. The molecule has 3 rings (SSSR count). The zero-order chi connectivity index (χ0) is 19.2. The van der Waals surface area contributed by atoms with Gasteiger partial charge in [0.05, 0.1) is 7.11 Å². The molecule has 1 aromatic heterocycles. The number of carbonyl (C=O) groups is 1. The summed E-state index contributed by atoms with van der Waals surface area (Å²) in [7, 11) is 1.62. The third-order valence-electron chi connectivity index (χ3n) is 4.42. The summed E-state index contributed by atoms with van der Waals surface area (Å²) in [5.74, 6) is 0.595. The Kier molecular flexibility index (Phi) is 5.71. The largest absolute Gasteiger partial charge is 0.497 e. The molecule has 0 spiro atoms. The maximum Gasteiger partial charge on any atom is 0.251 e. The van der Waals surface area contributed by atoms with Crippen molar-refractivity contribution in [2.24, 2.45) is 0 Å². The topological polar surface area (TPSA) is 71.2 Å². The summed E-state index contributed by atoms with van der Waals surface area (Å²) in [6.45, 7) is 2.28. The van der Waals surface area contributed by atoms with Crippen LogP contribution in [0, 0.1) is 0 Å². The van der Waals surface area contributed by atoms with Crippen molar-refractivity contribution in [2.75, 3.05) is 13.7 Å². The fraction of sp³-hybridized carbons (Fsp3) is 0.182. The Balaban J connectivity index is 1.60. The number of para-hydroxylation sites is 1. The molecule has 138 valence electrons. The van der Waals surface area contributed by atoms with Gasteiger partial charge < -0.3 is 15.0 Å². The van der Waals surface area contributed by atoms with E-state index in [4.69, 9.17) is 4.74 Å². The van der Waals surface area contributed by atoms with E-state index in [1.54, 1.807) is 13.2 Å². The molecule has 0 aliphatic heterocycles. The molecule has 0 aliphatic rings. The number of pyridine rings is 1. The highest BCUT2D eigenvalue weighted by Crippen LogP contribution is 2.18. The van der Waals surface area contributed by atoms with E-state index in [0.717, 1.165) is 27.8 Å². The van der Waals surface area contributed by atoms with E-state index < -0.39 is 0 Å². The van der Waals surface area contributed by atoms with Gasteiger partial charge in [0, 0.05) is 23.7 Å². The summed E-state index contributed by atoms with van der Waals surface area (Å²) < 4.78 is 5.13. The maximum absolute atomic E-state index is 12.1. The molecule has 5 heteroatoms. The van der Waals surface area contributed by atoms with Crippen molar-refractivity contribution in [3.63, 3.8) is 0 Å². The number of amides is 1. The Bertz CT molecular complexity index is 1030. The number of allylic oxidation sites excluding steroid dienone is 1. The second-order valence-electron chi connectivity index (χ2n) is 6.31. The number of H-pyrrole nitrogens is 1. The Morgan fingerprint density at radius 2 is 1.89 bits per heavy atom. The van der Waals surface area contributed by atoms with Crippen LogP contribution in [0.1, 0.15) is 18.1 Å². The minimum Gasteiger partial charge on any atom is -0.497 e. The lowest BCUT2D eigenvalue weighted by Crippen LogP contribution is -2.26. The molecule has 0 fully saturated rings. The van der Waals surface area contributed by atoms with Crippen LogP contribution >= 0.6 is 0 Å². The lowest BCUT2D eigenvalue weighted by atomic mass is 10.1. The summed E-state index contributed by atoms with van der Waals surface area (Å²) in [6, 6.07) is 17.0. The number of rotatable bonds is 6. The molecule has 2 N–H and O–H groups in total. The van der Waals surface area contributed by atoms with Gasteiger partial charge in [0.15, 0.2) is 0 Å². The highest BCUT2D eigenvalue weighted by Gasteiger charge is 2.05. The molecule has 2 aromatic carbocycles. The van der Waals surface area contributed by atoms with E-state index >= 15 is 0 Å². The van der Waals surface area contributed by atoms with Crippen molar-refractivity contribution in [1.82, 2.24) is 10.3 Å². The van der Waals surface area contributed by atoms with Gasteiger partial charge in [-0.2, -0.15) is 0 Å². The summed E-state index contributed by atoms with van der Waals surface area (Å²) in [5.41, 5.74) is 3.17. The molecule has 0 atom stereocenters. The van der Waals surface area contributed by atoms with Crippen LogP contribution in [0.5, 0.6) is 5.75 Å². The molecule has 27 heavy (non-hydrogen) atoms. The number of nitrogens with one attached hydrogen (secondary N) is 2. The molecule has 3 aromatic rings. The van der Waals surface area contributed by atoms with Crippen LogP contribution in [0.3, 0.4) is 0 Å². The SMILES string of the molecule is COc1ccc(/C(C)=C/C(=O)NCCc2cc3ccccc3[nH]c2=O)cc1. The van der Waals surface area contributed by atoms with Crippen LogP contribution in [-0.4, -0.2) is 24.5 Å². The highest BCUT2D eigenvalue weighted by molar-refractivity contribution is 5.94. The average molecular weight is 362 g/mol. The second kappa shape index (κ2) is 8.36. The smallest absolute Gasteiger partial charge is 0.251 e. The van der Waals surface area contributed by atoms with Crippen LogP contribution < -0.4 is 15.6 Å². The third kappa shape index (κ3) is 4.64. The Morgan fingerprint density at radius 3 is 2.63 bits per heavy atom.